The van der Waals surface area contributed by atoms with Crippen molar-refractivity contribution in [2.45, 2.75) is 18.9 Å². The summed E-state index contributed by atoms with van der Waals surface area (Å²) in [4.78, 5) is 16.7. The van der Waals surface area contributed by atoms with E-state index in [9.17, 15) is 22.7 Å². The first-order valence-electron chi connectivity index (χ1n) is 9.75. The summed E-state index contributed by atoms with van der Waals surface area (Å²) in [5.41, 5.74) is 3.53. The zero-order valence-corrected chi connectivity index (χ0v) is 17.9. The van der Waals surface area contributed by atoms with Crippen LogP contribution in [0.5, 0.6) is 0 Å². The third kappa shape index (κ3) is 4.08. The molecule has 31 heavy (non-hydrogen) atoms. The summed E-state index contributed by atoms with van der Waals surface area (Å²) < 4.78 is 39.2. The zero-order valence-electron chi connectivity index (χ0n) is 17.0. The Labute approximate surface area is 179 Å². The first kappa shape index (κ1) is 21.1. The molecule has 0 bridgehead atoms. The number of hydrogen-bond donors (Lipinski definition) is 1. The van der Waals surface area contributed by atoms with Crippen LogP contribution >= 0.6 is 0 Å². The number of aryl methyl sites for hydroxylation is 1. The number of benzene rings is 2. The fraction of sp³-hybridized carbons (Fsp3) is 0.217. The molecule has 1 N–H and O–H groups in total. The van der Waals surface area contributed by atoms with E-state index >= 15 is 0 Å². The quantitative estimate of drug-likeness (QED) is 0.676. The number of aliphatic imine (C=N–C) groups is 1. The van der Waals surface area contributed by atoms with Crippen LogP contribution in [0.2, 0.25) is 0 Å². The largest absolute Gasteiger partial charge is 0.368 e. The standard InChI is InChI=1S/C23H21FN2O4S/c1-3-31(29,30)13-14-4-9-17-18(10-14)20-12-26(2)21(27)11-19(20)23(28)25-22(17)15-5-7-16(24)8-6-15/h4-12,23,28H,3,13H2,1-2H3/t23-/m0/s1. The van der Waals surface area contributed by atoms with Crippen LogP contribution in [0.4, 0.5) is 4.39 Å². The summed E-state index contributed by atoms with van der Waals surface area (Å²) in [5, 5.41) is 10.8. The Morgan fingerprint density at radius 2 is 1.77 bits per heavy atom. The number of pyridine rings is 1. The van der Waals surface area contributed by atoms with Gasteiger partial charge in [0.2, 0.25) is 0 Å². The SMILES string of the molecule is CCS(=O)(=O)Cc1ccc2c(c1)-c1cn(C)c(=O)cc1[C@H](O)N=C2c1ccc(F)cc1. The van der Waals surface area contributed by atoms with Crippen molar-refractivity contribution in [3.63, 3.8) is 0 Å². The fourth-order valence-electron chi connectivity index (χ4n) is 3.65. The molecule has 4 rings (SSSR count). The predicted octanol–water partition coefficient (Wildman–Crippen LogP) is 2.97. The molecule has 0 saturated carbocycles. The van der Waals surface area contributed by atoms with E-state index in [4.69, 9.17) is 0 Å². The summed E-state index contributed by atoms with van der Waals surface area (Å²) in [6.07, 6.45) is 0.306. The van der Waals surface area contributed by atoms with Gasteiger partial charge in [0.25, 0.3) is 5.56 Å². The van der Waals surface area contributed by atoms with Gasteiger partial charge >= 0.3 is 0 Å². The molecule has 0 radical (unpaired) electrons. The number of aliphatic hydroxyl groups excluding tert-OH is 1. The number of rotatable bonds is 4. The number of halogens is 1. The molecule has 3 aromatic rings. The second-order valence-corrected chi connectivity index (χ2v) is 9.86. The molecule has 1 aliphatic rings. The summed E-state index contributed by atoms with van der Waals surface area (Å²) in [7, 11) is -1.65. The Balaban J connectivity index is 2.00. The van der Waals surface area contributed by atoms with Crippen LogP contribution in [0.3, 0.4) is 0 Å². The van der Waals surface area contributed by atoms with Crippen molar-refractivity contribution >= 4 is 15.5 Å². The van der Waals surface area contributed by atoms with Crippen molar-refractivity contribution in [1.82, 2.24) is 4.57 Å². The van der Waals surface area contributed by atoms with E-state index < -0.39 is 21.9 Å². The lowest BCUT2D eigenvalue weighted by molar-refractivity contribution is 0.189. The number of aromatic nitrogens is 1. The topological polar surface area (TPSA) is 88.7 Å². The van der Waals surface area contributed by atoms with E-state index in [2.05, 4.69) is 4.99 Å². The molecule has 0 amide bonds. The highest BCUT2D eigenvalue weighted by Gasteiger charge is 2.25. The molecule has 1 aromatic heterocycles. The molecule has 0 unspecified atom stereocenters. The van der Waals surface area contributed by atoms with Crippen molar-refractivity contribution in [3.05, 3.63) is 93.2 Å². The van der Waals surface area contributed by atoms with Crippen LogP contribution in [0, 0.1) is 5.82 Å². The fourth-order valence-corrected chi connectivity index (χ4v) is 4.54. The van der Waals surface area contributed by atoms with Crippen molar-refractivity contribution in [2.24, 2.45) is 12.0 Å². The third-order valence-corrected chi connectivity index (χ3v) is 7.02. The Morgan fingerprint density at radius 3 is 2.45 bits per heavy atom. The Hall–Kier alpha value is -3.10. The molecule has 2 aromatic carbocycles. The molecule has 160 valence electrons. The van der Waals surface area contributed by atoms with Crippen LogP contribution in [-0.4, -0.2) is 29.6 Å². The highest BCUT2D eigenvalue weighted by molar-refractivity contribution is 7.90. The van der Waals surface area contributed by atoms with Crippen LogP contribution < -0.4 is 5.56 Å². The highest BCUT2D eigenvalue weighted by Crippen LogP contribution is 2.36. The second-order valence-electron chi connectivity index (χ2n) is 7.51. The van der Waals surface area contributed by atoms with E-state index in [-0.39, 0.29) is 17.1 Å². The number of sulfone groups is 1. The summed E-state index contributed by atoms with van der Waals surface area (Å²) in [6, 6.07) is 12.3. The molecular weight excluding hydrogens is 419 g/mol. The summed E-state index contributed by atoms with van der Waals surface area (Å²) >= 11 is 0. The molecule has 2 heterocycles. The van der Waals surface area contributed by atoms with Gasteiger partial charge in [-0.15, -0.1) is 0 Å². The normalized spacial score (nSPS) is 15.6. The molecular formula is C23H21FN2O4S. The van der Waals surface area contributed by atoms with Crippen LogP contribution in [0.25, 0.3) is 11.1 Å². The maximum Gasteiger partial charge on any atom is 0.250 e. The predicted molar refractivity (Wildman–Crippen MR) is 117 cm³/mol. The van der Waals surface area contributed by atoms with Gasteiger partial charge in [0.05, 0.1) is 11.5 Å². The van der Waals surface area contributed by atoms with Gasteiger partial charge in [0.15, 0.2) is 16.1 Å². The Kier molecular flexibility index (Phi) is 5.36. The first-order chi connectivity index (χ1) is 14.7. The van der Waals surface area contributed by atoms with Gasteiger partial charge in [0.1, 0.15) is 5.82 Å². The zero-order chi connectivity index (χ0) is 22.3. The molecule has 0 fully saturated rings. The highest BCUT2D eigenvalue weighted by atomic mass is 32.2. The van der Waals surface area contributed by atoms with Crippen LogP contribution in [-0.2, 0) is 22.6 Å². The molecule has 1 aliphatic heterocycles. The third-order valence-electron chi connectivity index (χ3n) is 5.36. The van der Waals surface area contributed by atoms with Gasteiger partial charge in [-0.2, -0.15) is 0 Å². The second kappa shape index (κ2) is 7.86. The maximum atomic E-state index is 13.5. The van der Waals surface area contributed by atoms with E-state index in [1.54, 1.807) is 50.5 Å². The summed E-state index contributed by atoms with van der Waals surface area (Å²) in [5.74, 6) is -0.496. The van der Waals surface area contributed by atoms with Crippen molar-refractivity contribution in [3.8, 4) is 11.1 Å². The Morgan fingerprint density at radius 1 is 1.06 bits per heavy atom. The lowest BCUT2D eigenvalue weighted by atomic mass is 9.91. The van der Waals surface area contributed by atoms with Gasteiger partial charge < -0.3 is 9.67 Å². The van der Waals surface area contributed by atoms with Gasteiger partial charge in [-0.3, -0.25) is 4.79 Å². The molecule has 0 aliphatic carbocycles. The van der Waals surface area contributed by atoms with Crippen LogP contribution in [0.1, 0.15) is 35.4 Å². The van der Waals surface area contributed by atoms with Gasteiger partial charge in [-0.05, 0) is 41.5 Å². The summed E-state index contributed by atoms with van der Waals surface area (Å²) in [6.45, 7) is 1.60. The van der Waals surface area contributed by atoms with E-state index in [1.165, 1.54) is 22.8 Å². The van der Waals surface area contributed by atoms with Crippen molar-refractivity contribution in [1.29, 1.82) is 0 Å². The monoisotopic (exact) mass is 440 g/mol. The number of fused-ring (bicyclic) bond motifs is 3. The molecule has 1 atom stereocenters. The van der Waals surface area contributed by atoms with Gasteiger partial charge in [-0.25, -0.2) is 17.8 Å². The minimum atomic E-state index is -3.26. The average Bonchev–Trinajstić information content (AvgIpc) is 2.84. The van der Waals surface area contributed by atoms with Gasteiger partial charge in [0, 0.05) is 47.3 Å². The van der Waals surface area contributed by atoms with E-state index in [0.29, 0.717) is 39.1 Å². The average molecular weight is 440 g/mol. The lowest BCUT2D eigenvalue weighted by Gasteiger charge is -2.14. The maximum absolute atomic E-state index is 13.5. The lowest BCUT2D eigenvalue weighted by Crippen LogP contribution is -2.17. The van der Waals surface area contributed by atoms with Crippen LogP contribution in [0.15, 0.2) is 64.5 Å². The first-order valence-corrected chi connectivity index (χ1v) is 11.6. The van der Waals surface area contributed by atoms with Crippen molar-refractivity contribution < 1.29 is 17.9 Å². The number of aliphatic hydroxyl groups is 1. The van der Waals surface area contributed by atoms with Gasteiger partial charge in [-0.1, -0.05) is 19.1 Å². The Bertz CT molecular complexity index is 1360. The number of hydrogen-bond acceptors (Lipinski definition) is 5. The number of nitrogens with zero attached hydrogens (tertiary/aromatic N) is 2. The molecule has 0 spiro atoms. The smallest absolute Gasteiger partial charge is 0.250 e. The minimum absolute atomic E-state index is 0.0240. The molecule has 0 saturated heterocycles. The van der Waals surface area contributed by atoms with Crippen molar-refractivity contribution in [2.75, 3.05) is 5.75 Å². The molecule has 6 nitrogen and oxygen atoms in total. The van der Waals surface area contributed by atoms with E-state index in [0.717, 1.165) is 0 Å². The minimum Gasteiger partial charge on any atom is -0.368 e. The molecule has 8 heteroatoms. The van der Waals surface area contributed by atoms with E-state index in [1.807, 2.05) is 0 Å².